The standard InChI is InChI=1S/C21H31N5O2/c1-6-28-19-10-8-7-9-18(19)26-13-11-25(12-14-26)17(4)21(27)22-20-15(2)23-24(5)16(20)3/h7-10,17H,6,11-14H2,1-5H3,(H,22,27). The number of benzene rings is 1. The van der Waals surface area contributed by atoms with Crippen molar-refractivity contribution in [2.45, 2.75) is 33.7 Å². The first-order valence-corrected chi connectivity index (χ1v) is 9.94. The van der Waals surface area contributed by atoms with Crippen LogP contribution in [0, 0.1) is 13.8 Å². The molecular formula is C21H31N5O2. The second kappa shape index (κ2) is 8.65. The highest BCUT2D eigenvalue weighted by Crippen LogP contribution is 2.29. The minimum atomic E-state index is -0.191. The fourth-order valence-corrected chi connectivity index (χ4v) is 3.69. The predicted molar refractivity (Wildman–Crippen MR) is 112 cm³/mol. The van der Waals surface area contributed by atoms with E-state index in [0.717, 1.165) is 54.7 Å². The number of para-hydroxylation sites is 2. The van der Waals surface area contributed by atoms with Gasteiger partial charge in [0.25, 0.3) is 0 Å². The van der Waals surface area contributed by atoms with Crippen LogP contribution in [0.1, 0.15) is 25.2 Å². The topological polar surface area (TPSA) is 62.6 Å². The SMILES string of the molecule is CCOc1ccccc1N1CCN(C(C)C(=O)Nc2c(C)nn(C)c2C)CC1. The smallest absolute Gasteiger partial charge is 0.241 e. The lowest BCUT2D eigenvalue weighted by molar-refractivity contribution is -0.120. The van der Waals surface area contributed by atoms with Gasteiger partial charge in [-0.25, -0.2) is 0 Å². The number of aromatic nitrogens is 2. The molecule has 1 N–H and O–H groups in total. The number of ether oxygens (including phenoxy) is 1. The van der Waals surface area contributed by atoms with Crippen molar-refractivity contribution >= 4 is 17.3 Å². The number of aryl methyl sites for hydroxylation is 2. The first-order chi connectivity index (χ1) is 13.4. The first-order valence-electron chi connectivity index (χ1n) is 9.94. The number of amides is 1. The molecule has 0 bridgehead atoms. The summed E-state index contributed by atoms with van der Waals surface area (Å²) in [6.45, 7) is 11.9. The van der Waals surface area contributed by atoms with E-state index < -0.39 is 0 Å². The number of hydrogen-bond donors (Lipinski definition) is 1. The van der Waals surface area contributed by atoms with Gasteiger partial charge in [0, 0.05) is 33.2 Å². The van der Waals surface area contributed by atoms with E-state index in [-0.39, 0.29) is 11.9 Å². The molecule has 1 unspecified atom stereocenters. The van der Waals surface area contributed by atoms with Crippen molar-refractivity contribution in [2.75, 3.05) is 43.0 Å². The maximum absolute atomic E-state index is 12.8. The quantitative estimate of drug-likeness (QED) is 0.828. The maximum atomic E-state index is 12.8. The van der Waals surface area contributed by atoms with E-state index in [1.54, 1.807) is 4.68 Å². The van der Waals surface area contributed by atoms with Gasteiger partial charge in [-0.2, -0.15) is 5.10 Å². The van der Waals surface area contributed by atoms with Crippen molar-refractivity contribution in [1.29, 1.82) is 0 Å². The molecule has 1 atom stereocenters. The molecule has 0 aliphatic carbocycles. The number of carbonyl (C=O) groups excluding carboxylic acids is 1. The van der Waals surface area contributed by atoms with Gasteiger partial charge in [0.1, 0.15) is 5.75 Å². The van der Waals surface area contributed by atoms with Crippen LogP contribution in [0.5, 0.6) is 5.75 Å². The van der Waals surface area contributed by atoms with Gasteiger partial charge in [0.05, 0.1) is 35.4 Å². The predicted octanol–water partition coefficient (Wildman–Crippen LogP) is 2.58. The number of carbonyl (C=O) groups is 1. The molecule has 152 valence electrons. The Labute approximate surface area is 167 Å². The molecule has 7 heteroatoms. The van der Waals surface area contributed by atoms with Crippen molar-refractivity contribution in [3.63, 3.8) is 0 Å². The lowest BCUT2D eigenvalue weighted by Gasteiger charge is -2.39. The zero-order chi connectivity index (χ0) is 20.3. The third-order valence-electron chi connectivity index (χ3n) is 5.50. The van der Waals surface area contributed by atoms with E-state index in [1.165, 1.54) is 0 Å². The van der Waals surface area contributed by atoms with Crippen LogP contribution in [0.25, 0.3) is 0 Å². The van der Waals surface area contributed by atoms with E-state index >= 15 is 0 Å². The number of nitrogens with one attached hydrogen (secondary N) is 1. The lowest BCUT2D eigenvalue weighted by atomic mass is 10.2. The molecule has 1 fully saturated rings. The molecule has 1 amide bonds. The van der Waals surface area contributed by atoms with Crippen molar-refractivity contribution in [2.24, 2.45) is 7.05 Å². The molecule has 0 saturated carbocycles. The van der Waals surface area contributed by atoms with E-state index in [9.17, 15) is 4.79 Å². The van der Waals surface area contributed by atoms with Gasteiger partial charge in [-0.15, -0.1) is 0 Å². The Morgan fingerprint density at radius 2 is 1.89 bits per heavy atom. The van der Waals surface area contributed by atoms with Gasteiger partial charge in [-0.3, -0.25) is 14.4 Å². The number of nitrogens with zero attached hydrogens (tertiary/aromatic N) is 4. The van der Waals surface area contributed by atoms with Gasteiger partial charge in [0.2, 0.25) is 5.91 Å². The molecule has 1 saturated heterocycles. The van der Waals surface area contributed by atoms with Crippen LogP contribution in [0.2, 0.25) is 0 Å². The van der Waals surface area contributed by atoms with Gasteiger partial charge in [-0.1, -0.05) is 12.1 Å². The highest BCUT2D eigenvalue weighted by molar-refractivity contribution is 5.95. The largest absolute Gasteiger partial charge is 0.492 e. The van der Waals surface area contributed by atoms with Crippen LogP contribution < -0.4 is 15.0 Å². The molecule has 1 aromatic heterocycles. The number of hydrogen-bond acceptors (Lipinski definition) is 5. The summed E-state index contributed by atoms with van der Waals surface area (Å²) < 4.78 is 7.56. The fourth-order valence-electron chi connectivity index (χ4n) is 3.69. The van der Waals surface area contributed by atoms with Crippen LogP contribution in [-0.2, 0) is 11.8 Å². The van der Waals surface area contributed by atoms with E-state index in [1.807, 2.05) is 52.9 Å². The Morgan fingerprint density at radius 3 is 2.50 bits per heavy atom. The third kappa shape index (κ3) is 4.14. The Kier molecular flexibility index (Phi) is 6.24. The maximum Gasteiger partial charge on any atom is 0.241 e. The molecule has 1 aromatic carbocycles. The molecule has 1 aliphatic rings. The van der Waals surface area contributed by atoms with Crippen molar-refractivity contribution in [1.82, 2.24) is 14.7 Å². The minimum Gasteiger partial charge on any atom is -0.492 e. The summed E-state index contributed by atoms with van der Waals surface area (Å²) in [5.41, 5.74) is 3.76. The zero-order valence-corrected chi connectivity index (χ0v) is 17.5. The number of piperazine rings is 1. The Bertz CT molecular complexity index is 824. The third-order valence-corrected chi connectivity index (χ3v) is 5.50. The van der Waals surface area contributed by atoms with Crippen LogP contribution in [-0.4, -0.2) is 59.4 Å². The second-order valence-corrected chi connectivity index (χ2v) is 7.26. The normalized spacial score (nSPS) is 16.1. The van der Waals surface area contributed by atoms with Crippen molar-refractivity contribution in [3.05, 3.63) is 35.7 Å². The molecule has 0 radical (unpaired) electrons. The summed E-state index contributed by atoms with van der Waals surface area (Å²) in [6, 6.07) is 7.96. The number of rotatable bonds is 6. The van der Waals surface area contributed by atoms with Crippen molar-refractivity contribution < 1.29 is 9.53 Å². The highest BCUT2D eigenvalue weighted by atomic mass is 16.5. The monoisotopic (exact) mass is 385 g/mol. The summed E-state index contributed by atoms with van der Waals surface area (Å²) in [5.74, 6) is 0.939. The van der Waals surface area contributed by atoms with E-state index in [2.05, 4.69) is 26.3 Å². The molecular weight excluding hydrogens is 354 g/mol. The van der Waals surface area contributed by atoms with Gasteiger partial charge in [-0.05, 0) is 39.8 Å². The second-order valence-electron chi connectivity index (χ2n) is 7.26. The van der Waals surface area contributed by atoms with Gasteiger partial charge in [0.15, 0.2) is 0 Å². The zero-order valence-electron chi connectivity index (χ0n) is 17.5. The van der Waals surface area contributed by atoms with Crippen LogP contribution in [0.3, 0.4) is 0 Å². The van der Waals surface area contributed by atoms with Crippen LogP contribution >= 0.6 is 0 Å². The minimum absolute atomic E-state index is 0.0161. The summed E-state index contributed by atoms with van der Waals surface area (Å²) in [4.78, 5) is 17.4. The summed E-state index contributed by atoms with van der Waals surface area (Å²) in [5, 5.41) is 7.44. The fraction of sp³-hybridized carbons (Fsp3) is 0.524. The highest BCUT2D eigenvalue weighted by Gasteiger charge is 2.27. The number of anilines is 2. The summed E-state index contributed by atoms with van der Waals surface area (Å²) in [6.07, 6.45) is 0. The Balaban J connectivity index is 1.61. The van der Waals surface area contributed by atoms with Gasteiger partial charge < -0.3 is 15.0 Å². The first kappa shape index (κ1) is 20.2. The Morgan fingerprint density at radius 1 is 1.21 bits per heavy atom. The molecule has 28 heavy (non-hydrogen) atoms. The Hall–Kier alpha value is -2.54. The summed E-state index contributed by atoms with van der Waals surface area (Å²) >= 11 is 0. The van der Waals surface area contributed by atoms with Crippen LogP contribution in [0.4, 0.5) is 11.4 Å². The lowest BCUT2D eigenvalue weighted by Crippen LogP contribution is -2.53. The molecule has 2 heterocycles. The molecule has 1 aliphatic heterocycles. The molecule has 2 aromatic rings. The molecule has 0 spiro atoms. The van der Waals surface area contributed by atoms with Crippen LogP contribution in [0.15, 0.2) is 24.3 Å². The van der Waals surface area contributed by atoms with E-state index in [0.29, 0.717) is 6.61 Å². The average molecular weight is 386 g/mol. The van der Waals surface area contributed by atoms with Gasteiger partial charge >= 0.3 is 0 Å². The molecule has 7 nitrogen and oxygen atoms in total. The molecule has 3 rings (SSSR count). The average Bonchev–Trinajstić information content (AvgIpc) is 2.94. The van der Waals surface area contributed by atoms with Crippen molar-refractivity contribution in [3.8, 4) is 5.75 Å². The van der Waals surface area contributed by atoms with E-state index in [4.69, 9.17) is 4.74 Å². The summed E-state index contributed by atoms with van der Waals surface area (Å²) in [7, 11) is 1.89.